The molecule has 0 aliphatic rings. The molecule has 0 saturated heterocycles. The number of carbonyl (C=O) groups is 1. The van der Waals surface area contributed by atoms with Gasteiger partial charge in [0.05, 0.1) is 34.1 Å². The second-order valence-corrected chi connectivity index (χ2v) is 9.23. The quantitative estimate of drug-likeness (QED) is 0.133. The number of halogens is 1. The third-order valence-electron chi connectivity index (χ3n) is 6.27. The van der Waals surface area contributed by atoms with Crippen molar-refractivity contribution in [3.63, 3.8) is 0 Å². The molecule has 190 valence electrons. The van der Waals surface area contributed by atoms with Gasteiger partial charge in [-0.3, -0.25) is 4.79 Å². The number of unbranched alkanes of at least 4 members (excludes halogenated alkanes) is 1. The molecule has 4 aromatic rings. The highest BCUT2D eigenvalue weighted by Crippen LogP contribution is 2.29. The molecule has 1 heterocycles. The van der Waals surface area contributed by atoms with E-state index in [2.05, 4.69) is 36.5 Å². The Kier molecular flexibility index (Phi) is 8.91. The highest BCUT2D eigenvalue weighted by Gasteiger charge is 2.16. The fourth-order valence-electron chi connectivity index (χ4n) is 4.06. The third-order valence-corrected chi connectivity index (χ3v) is 6.58. The standard InChI is InChI=1S/C31H32ClN3O2/c1-4-7-19-37-24-17-15-22(16-18-24)28(6-3)34-35-31(36)26-20-29(23-13-11-21(5-2)12-14-23)33-30-25(26)9-8-10-27(30)32/h8-18,20H,4-7,19H2,1-3H3,(H,35,36). The fourth-order valence-corrected chi connectivity index (χ4v) is 4.28. The number of hydrazone groups is 1. The molecule has 0 bridgehead atoms. The average molecular weight is 514 g/mol. The van der Waals surface area contributed by atoms with Crippen LogP contribution >= 0.6 is 11.6 Å². The number of nitrogens with one attached hydrogen (secondary N) is 1. The van der Waals surface area contributed by atoms with Crippen LogP contribution in [-0.2, 0) is 6.42 Å². The number of aryl methyl sites for hydroxylation is 1. The van der Waals surface area contributed by atoms with E-state index in [0.29, 0.717) is 40.2 Å². The lowest BCUT2D eigenvalue weighted by atomic mass is 10.0. The molecule has 1 aromatic heterocycles. The number of nitrogens with zero attached hydrogens (tertiary/aromatic N) is 2. The minimum atomic E-state index is -0.313. The van der Waals surface area contributed by atoms with E-state index in [4.69, 9.17) is 21.3 Å². The lowest BCUT2D eigenvalue weighted by molar-refractivity contribution is 0.0956. The van der Waals surface area contributed by atoms with Gasteiger partial charge in [0.1, 0.15) is 5.75 Å². The van der Waals surface area contributed by atoms with Crippen LogP contribution in [0.1, 0.15) is 61.5 Å². The number of para-hydroxylation sites is 1. The van der Waals surface area contributed by atoms with Gasteiger partial charge < -0.3 is 4.74 Å². The zero-order valence-corrected chi connectivity index (χ0v) is 22.3. The van der Waals surface area contributed by atoms with Gasteiger partial charge in [0.15, 0.2) is 0 Å². The number of amides is 1. The molecule has 0 aliphatic heterocycles. The molecule has 37 heavy (non-hydrogen) atoms. The average Bonchev–Trinajstić information content (AvgIpc) is 2.94. The number of ether oxygens (including phenoxy) is 1. The van der Waals surface area contributed by atoms with Crippen LogP contribution < -0.4 is 10.2 Å². The zero-order chi connectivity index (χ0) is 26.2. The molecule has 0 unspecified atom stereocenters. The van der Waals surface area contributed by atoms with E-state index < -0.39 is 0 Å². The van der Waals surface area contributed by atoms with E-state index in [0.717, 1.165) is 41.9 Å². The zero-order valence-electron chi connectivity index (χ0n) is 21.6. The Hall–Kier alpha value is -3.70. The van der Waals surface area contributed by atoms with Gasteiger partial charge in [0.25, 0.3) is 5.91 Å². The number of hydrogen-bond donors (Lipinski definition) is 1. The minimum Gasteiger partial charge on any atom is -0.494 e. The summed E-state index contributed by atoms with van der Waals surface area (Å²) in [5.41, 5.74) is 8.38. The number of fused-ring (bicyclic) bond motifs is 1. The summed E-state index contributed by atoms with van der Waals surface area (Å²) in [6, 6.07) is 23.3. The van der Waals surface area contributed by atoms with Crippen molar-refractivity contribution in [3.8, 4) is 17.0 Å². The topological polar surface area (TPSA) is 63.6 Å². The molecule has 5 nitrogen and oxygen atoms in total. The van der Waals surface area contributed by atoms with Crippen molar-refractivity contribution in [2.24, 2.45) is 5.10 Å². The highest BCUT2D eigenvalue weighted by atomic mass is 35.5. The maximum atomic E-state index is 13.4. The van der Waals surface area contributed by atoms with E-state index in [9.17, 15) is 4.79 Å². The summed E-state index contributed by atoms with van der Waals surface area (Å²) >= 11 is 6.49. The van der Waals surface area contributed by atoms with E-state index >= 15 is 0 Å². The largest absolute Gasteiger partial charge is 0.494 e. The van der Waals surface area contributed by atoms with Crippen molar-refractivity contribution in [2.45, 2.75) is 46.5 Å². The van der Waals surface area contributed by atoms with Gasteiger partial charge in [-0.25, -0.2) is 10.4 Å². The summed E-state index contributed by atoms with van der Waals surface area (Å²) in [6.45, 7) is 6.97. The predicted octanol–water partition coefficient (Wildman–Crippen LogP) is 7.84. The first kappa shape index (κ1) is 26.4. The minimum absolute atomic E-state index is 0.313. The van der Waals surface area contributed by atoms with E-state index in [1.54, 1.807) is 12.1 Å². The van der Waals surface area contributed by atoms with Gasteiger partial charge in [0, 0.05) is 10.9 Å². The molecule has 0 fully saturated rings. The fraction of sp³-hybridized carbons (Fsp3) is 0.258. The SMILES string of the molecule is CCCCOc1ccc(C(CC)=NNC(=O)c2cc(-c3ccc(CC)cc3)nc3c(Cl)cccc23)cc1. The van der Waals surface area contributed by atoms with Crippen molar-refractivity contribution >= 4 is 34.1 Å². The molecule has 0 radical (unpaired) electrons. The van der Waals surface area contributed by atoms with Gasteiger partial charge in [0.2, 0.25) is 0 Å². The van der Waals surface area contributed by atoms with Crippen LogP contribution in [0.2, 0.25) is 5.02 Å². The van der Waals surface area contributed by atoms with E-state index in [-0.39, 0.29) is 5.91 Å². The summed E-state index contributed by atoms with van der Waals surface area (Å²) in [6.07, 6.45) is 3.73. The van der Waals surface area contributed by atoms with Gasteiger partial charge in [-0.05, 0) is 66.8 Å². The van der Waals surface area contributed by atoms with Gasteiger partial charge >= 0.3 is 0 Å². The van der Waals surface area contributed by atoms with Crippen LogP contribution in [0.25, 0.3) is 22.2 Å². The number of pyridine rings is 1. The molecule has 1 amide bonds. The van der Waals surface area contributed by atoms with Crippen LogP contribution in [0, 0.1) is 0 Å². The van der Waals surface area contributed by atoms with Gasteiger partial charge in [-0.2, -0.15) is 5.10 Å². The Bertz CT molecular complexity index is 1400. The molecule has 0 spiro atoms. The van der Waals surface area contributed by atoms with Gasteiger partial charge in [-0.1, -0.05) is 75.2 Å². The smallest absolute Gasteiger partial charge is 0.272 e. The summed E-state index contributed by atoms with van der Waals surface area (Å²) in [7, 11) is 0. The van der Waals surface area contributed by atoms with Crippen molar-refractivity contribution in [2.75, 3.05) is 6.61 Å². The maximum Gasteiger partial charge on any atom is 0.272 e. The second kappa shape index (κ2) is 12.5. The number of hydrogen-bond acceptors (Lipinski definition) is 4. The molecule has 4 rings (SSSR count). The van der Waals surface area contributed by atoms with Crippen LogP contribution in [0.4, 0.5) is 0 Å². The lowest BCUT2D eigenvalue weighted by Crippen LogP contribution is -2.20. The first-order valence-corrected chi connectivity index (χ1v) is 13.2. The van der Waals surface area contributed by atoms with E-state index in [1.165, 1.54) is 5.56 Å². The Morgan fingerprint density at radius 3 is 2.43 bits per heavy atom. The summed E-state index contributed by atoms with van der Waals surface area (Å²) < 4.78 is 5.76. The Balaban J connectivity index is 1.62. The Morgan fingerprint density at radius 2 is 1.76 bits per heavy atom. The van der Waals surface area contributed by atoms with Crippen molar-refractivity contribution < 1.29 is 9.53 Å². The monoisotopic (exact) mass is 513 g/mol. The first-order chi connectivity index (χ1) is 18.0. The summed E-state index contributed by atoms with van der Waals surface area (Å²) in [5.74, 6) is 0.517. The van der Waals surface area contributed by atoms with Crippen LogP contribution in [0.3, 0.4) is 0 Å². The Morgan fingerprint density at radius 1 is 1.00 bits per heavy atom. The first-order valence-electron chi connectivity index (χ1n) is 12.8. The molecule has 0 aliphatic carbocycles. The predicted molar refractivity (Wildman–Crippen MR) is 153 cm³/mol. The number of rotatable bonds is 10. The number of aromatic nitrogens is 1. The van der Waals surface area contributed by atoms with Crippen LogP contribution in [0.5, 0.6) is 5.75 Å². The summed E-state index contributed by atoms with van der Waals surface area (Å²) in [5, 5.41) is 5.65. The van der Waals surface area contributed by atoms with Crippen LogP contribution in [0.15, 0.2) is 77.9 Å². The van der Waals surface area contributed by atoms with Crippen molar-refractivity contribution in [3.05, 3.63) is 94.5 Å². The molecule has 3 aromatic carbocycles. The lowest BCUT2D eigenvalue weighted by Gasteiger charge is -2.11. The van der Waals surface area contributed by atoms with Crippen molar-refractivity contribution in [1.29, 1.82) is 0 Å². The van der Waals surface area contributed by atoms with Gasteiger partial charge in [-0.15, -0.1) is 0 Å². The Labute approximate surface area is 223 Å². The van der Waals surface area contributed by atoms with Crippen LogP contribution in [-0.4, -0.2) is 23.2 Å². The van der Waals surface area contributed by atoms with E-state index in [1.807, 2.05) is 55.5 Å². The number of carbonyl (C=O) groups excluding carboxylic acids is 1. The molecule has 1 N–H and O–H groups in total. The van der Waals surface area contributed by atoms with Crippen molar-refractivity contribution in [1.82, 2.24) is 10.4 Å². The highest BCUT2D eigenvalue weighted by molar-refractivity contribution is 6.35. The molecular weight excluding hydrogens is 482 g/mol. The molecule has 0 saturated carbocycles. The molecule has 0 atom stereocenters. The normalized spacial score (nSPS) is 11.5. The molecule has 6 heteroatoms. The number of benzene rings is 3. The molecular formula is C31H32ClN3O2. The summed E-state index contributed by atoms with van der Waals surface area (Å²) in [4.78, 5) is 18.2. The third kappa shape index (κ3) is 6.36. The second-order valence-electron chi connectivity index (χ2n) is 8.82. The maximum absolute atomic E-state index is 13.4.